The molecule has 0 spiro atoms. The Balaban J connectivity index is 2.61. The Morgan fingerprint density at radius 3 is 2.59 bits per heavy atom. The second-order valence-corrected chi connectivity index (χ2v) is 4.27. The van der Waals surface area contributed by atoms with Crippen LogP contribution in [0.3, 0.4) is 0 Å². The molecule has 1 heterocycles. The van der Waals surface area contributed by atoms with Gasteiger partial charge in [0.05, 0.1) is 10.7 Å². The van der Waals surface area contributed by atoms with Gasteiger partial charge in [-0.1, -0.05) is 23.2 Å². The van der Waals surface area contributed by atoms with Gasteiger partial charge in [-0.25, -0.2) is 9.97 Å². The molecule has 0 aliphatic heterocycles. The summed E-state index contributed by atoms with van der Waals surface area (Å²) in [6.45, 7) is 1.73. The minimum Gasteiger partial charge on any atom is -0.233 e. The lowest BCUT2D eigenvalue weighted by Gasteiger charge is -2.05. The van der Waals surface area contributed by atoms with Crippen LogP contribution in [0.1, 0.15) is 11.5 Å². The van der Waals surface area contributed by atoms with Crippen LogP contribution in [-0.4, -0.2) is 9.97 Å². The SMILES string of the molecule is Cc1nc(C#N)cc(-c2ccc(Cl)cc2Cl)n1. The van der Waals surface area contributed by atoms with Gasteiger partial charge in [0.2, 0.25) is 0 Å². The van der Waals surface area contributed by atoms with Crippen molar-refractivity contribution in [1.82, 2.24) is 9.97 Å². The van der Waals surface area contributed by atoms with E-state index >= 15 is 0 Å². The van der Waals surface area contributed by atoms with Crippen molar-refractivity contribution in [2.45, 2.75) is 6.92 Å². The average Bonchev–Trinajstić information content (AvgIpc) is 2.28. The maximum atomic E-state index is 8.85. The van der Waals surface area contributed by atoms with Crippen molar-refractivity contribution >= 4 is 23.2 Å². The molecule has 0 aliphatic carbocycles. The first-order chi connectivity index (χ1) is 8.10. The number of hydrogen-bond donors (Lipinski definition) is 0. The molecule has 2 aromatic rings. The number of nitrogens with zero attached hydrogens (tertiary/aromatic N) is 3. The van der Waals surface area contributed by atoms with Crippen molar-refractivity contribution in [1.29, 1.82) is 5.26 Å². The molecule has 1 aromatic heterocycles. The monoisotopic (exact) mass is 263 g/mol. The van der Waals surface area contributed by atoms with E-state index in [9.17, 15) is 0 Å². The number of halogens is 2. The van der Waals surface area contributed by atoms with E-state index in [0.717, 1.165) is 5.56 Å². The fraction of sp³-hybridized carbons (Fsp3) is 0.0833. The van der Waals surface area contributed by atoms with Crippen LogP contribution in [0.5, 0.6) is 0 Å². The lowest BCUT2D eigenvalue weighted by Crippen LogP contribution is -1.94. The number of aryl methyl sites for hydroxylation is 1. The summed E-state index contributed by atoms with van der Waals surface area (Å²) in [7, 11) is 0. The van der Waals surface area contributed by atoms with Gasteiger partial charge in [-0.05, 0) is 25.1 Å². The van der Waals surface area contributed by atoms with Crippen molar-refractivity contribution in [3.8, 4) is 17.3 Å². The van der Waals surface area contributed by atoms with Crippen LogP contribution < -0.4 is 0 Å². The molecule has 0 amide bonds. The van der Waals surface area contributed by atoms with E-state index in [0.29, 0.717) is 27.3 Å². The second-order valence-electron chi connectivity index (χ2n) is 3.42. The van der Waals surface area contributed by atoms with E-state index in [4.69, 9.17) is 28.5 Å². The van der Waals surface area contributed by atoms with E-state index in [-0.39, 0.29) is 0 Å². The third kappa shape index (κ3) is 2.55. The molecule has 0 aliphatic rings. The molecule has 1 aromatic carbocycles. The normalized spacial score (nSPS) is 10.0. The molecule has 5 heteroatoms. The Hall–Kier alpha value is -1.63. The standard InChI is InChI=1S/C12H7Cl2N3/c1-7-16-9(6-15)5-12(17-7)10-3-2-8(13)4-11(10)14/h2-5H,1H3. The minimum atomic E-state index is 0.318. The molecule has 0 N–H and O–H groups in total. The first-order valence-corrected chi connectivity index (χ1v) is 5.57. The Kier molecular flexibility index (Phi) is 3.28. The van der Waals surface area contributed by atoms with E-state index in [1.54, 1.807) is 31.2 Å². The van der Waals surface area contributed by atoms with E-state index in [1.807, 2.05) is 6.07 Å². The summed E-state index contributed by atoms with van der Waals surface area (Å²) in [5, 5.41) is 9.91. The van der Waals surface area contributed by atoms with Crippen LogP contribution in [0.2, 0.25) is 10.0 Å². The summed E-state index contributed by atoms with van der Waals surface area (Å²) >= 11 is 11.9. The first-order valence-electron chi connectivity index (χ1n) is 4.81. The van der Waals surface area contributed by atoms with Crippen LogP contribution in [0.4, 0.5) is 0 Å². The maximum absolute atomic E-state index is 8.85. The molecule has 17 heavy (non-hydrogen) atoms. The predicted molar refractivity (Wildman–Crippen MR) is 66.9 cm³/mol. The molecule has 0 unspecified atom stereocenters. The van der Waals surface area contributed by atoms with E-state index in [2.05, 4.69) is 9.97 Å². The van der Waals surface area contributed by atoms with Crippen molar-refractivity contribution in [3.63, 3.8) is 0 Å². The van der Waals surface area contributed by atoms with Crippen molar-refractivity contribution in [2.24, 2.45) is 0 Å². The molecular weight excluding hydrogens is 257 g/mol. The Labute approximate surface area is 109 Å². The van der Waals surface area contributed by atoms with Crippen molar-refractivity contribution < 1.29 is 0 Å². The van der Waals surface area contributed by atoms with Crippen LogP contribution in [-0.2, 0) is 0 Å². The molecular formula is C12H7Cl2N3. The fourth-order valence-electron chi connectivity index (χ4n) is 1.46. The minimum absolute atomic E-state index is 0.318. The van der Waals surface area contributed by atoms with Gasteiger partial charge >= 0.3 is 0 Å². The van der Waals surface area contributed by atoms with E-state index in [1.165, 1.54) is 0 Å². The first kappa shape index (κ1) is 11.8. The molecule has 0 saturated heterocycles. The number of nitriles is 1. The van der Waals surface area contributed by atoms with Gasteiger partial charge in [0, 0.05) is 16.7 Å². The number of hydrogen-bond acceptors (Lipinski definition) is 3. The highest BCUT2D eigenvalue weighted by Crippen LogP contribution is 2.29. The molecule has 84 valence electrons. The third-order valence-electron chi connectivity index (χ3n) is 2.16. The lowest BCUT2D eigenvalue weighted by molar-refractivity contribution is 1.04. The molecule has 0 bridgehead atoms. The number of aromatic nitrogens is 2. The summed E-state index contributed by atoms with van der Waals surface area (Å²) in [5.74, 6) is 0.532. The molecule has 0 saturated carbocycles. The molecule has 0 atom stereocenters. The maximum Gasteiger partial charge on any atom is 0.144 e. The van der Waals surface area contributed by atoms with E-state index < -0.39 is 0 Å². The third-order valence-corrected chi connectivity index (χ3v) is 2.71. The summed E-state index contributed by atoms with van der Waals surface area (Å²) in [5.41, 5.74) is 1.67. The van der Waals surface area contributed by atoms with Gasteiger partial charge in [0.25, 0.3) is 0 Å². The van der Waals surface area contributed by atoms with Gasteiger partial charge in [0.15, 0.2) is 0 Å². The molecule has 2 rings (SSSR count). The van der Waals surface area contributed by atoms with Gasteiger partial charge in [-0.2, -0.15) is 5.26 Å². The van der Waals surface area contributed by atoms with Gasteiger partial charge in [-0.15, -0.1) is 0 Å². The summed E-state index contributed by atoms with van der Waals surface area (Å²) in [6.07, 6.45) is 0. The second kappa shape index (κ2) is 4.70. The summed E-state index contributed by atoms with van der Waals surface area (Å²) in [6, 6.07) is 8.73. The number of rotatable bonds is 1. The highest BCUT2D eigenvalue weighted by atomic mass is 35.5. The quantitative estimate of drug-likeness (QED) is 0.790. The topological polar surface area (TPSA) is 49.6 Å². The Bertz CT molecular complexity index is 618. The van der Waals surface area contributed by atoms with Gasteiger partial charge in [0.1, 0.15) is 17.6 Å². The predicted octanol–water partition coefficient (Wildman–Crippen LogP) is 3.63. The van der Waals surface area contributed by atoms with Crippen molar-refractivity contribution in [2.75, 3.05) is 0 Å². The highest BCUT2D eigenvalue weighted by Gasteiger charge is 2.08. The van der Waals surface area contributed by atoms with Crippen molar-refractivity contribution in [3.05, 3.63) is 45.8 Å². The van der Waals surface area contributed by atoms with Crippen LogP contribution in [0.15, 0.2) is 24.3 Å². The summed E-state index contributed by atoms with van der Waals surface area (Å²) < 4.78 is 0. The zero-order valence-corrected chi connectivity index (χ0v) is 10.4. The summed E-state index contributed by atoms with van der Waals surface area (Å²) in [4.78, 5) is 8.24. The molecule has 3 nitrogen and oxygen atoms in total. The largest absolute Gasteiger partial charge is 0.233 e. The Morgan fingerprint density at radius 2 is 1.94 bits per heavy atom. The lowest BCUT2D eigenvalue weighted by atomic mass is 10.1. The molecule has 0 radical (unpaired) electrons. The zero-order chi connectivity index (χ0) is 12.4. The molecule has 0 fully saturated rings. The average molecular weight is 264 g/mol. The smallest absolute Gasteiger partial charge is 0.144 e. The van der Waals surface area contributed by atoms with Crippen LogP contribution in [0.25, 0.3) is 11.3 Å². The zero-order valence-electron chi connectivity index (χ0n) is 8.91. The van der Waals surface area contributed by atoms with Gasteiger partial charge in [-0.3, -0.25) is 0 Å². The van der Waals surface area contributed by atoms with Crippen LogP contribution in [0, 0.1) is 18.3 Å². The van der Waals surface area contributed by atoms with Crippen LogP contribution >= 0.6 is 23.2 Å². The van der Waals surface area contributed by atoms with Gasteiger partial charge < -0.3 is 0 Å². The highest BCUT2D eigenvalue weighted by molar-refractivity contribution is 6.36. The Morgan fingerprint density at radius 1 is 1.18 bits per heavy atom. The fourth-order valence-corrected chi connectivity index (χ4v) is 1.97. The number of benzene rings is 1.